The van der Waals surface area contributed by atoms with E-state index in [9.17, 15) is 0 Å². The van der Waals surface area contributed by atoms with Crippen LogP contribution >= 0.6 is 0 Å². The largest absolute Gasteiger partial charge is 0.490 e. The predicted octanol–water partition coefficient (Wildman–Crippen LogP) is 4.56. The second-order valence-electron chi connectivity index (χ2n) is 6.42. The Kier molecular flexibility index (Phi) is 6.31. The third-order valence-electron chi connectivity index (χ3n) is 4.54. The Morgan fingerprint density at radius 2 is 1.95 bits per heavy atom. The van der Waals surface area contributed by atoms with Crippen LogP contribution in [0.25, 0.3) is 0 Å². The second kappa shape index (κ2) is 8.23. The number of benzene rings is 1. The van der Waals surface area contributed by atoms with Crippen molar-refractivity contribution in [2.45, 2.75) is 52.1 Å². The summed E-state index contributed by atoms with van der Waals surface area (Å²) >= 11 is 0. The fourth-order valence-corrected chi connectivity index (χ4v) is 3.32. The summed E-state index contributed by atoms with van der Waals surface area (Å²) in [7, 11) is 0. The average Bonchev–Trinajstić information content (AvgIpc) is 2.52. The molecule has 0 amide bonds. The van der Waals surface area contributed by atoms with E-state index in [0.29, 0.717) is 12.6 Å². The molecule has 0 spiro atoms. The van der Waals surface area contributed by atoms with Crippen LogP contribution in [-0.4, -0.2) is 12.6 Å². The highest BCUT2D eigenvalue weighted by Gasteiger charge is 2.26. The van der Waals surface area contributed by atoms with Crippen LogP contribution in [0, 0.1) is 11.8 Å². The van der Waals surface area contributed by atoms with Crippen molar-refractivity contribution in [1.82, 2.24) is 5.32 Å². The number of hydrogen-bond acceptors (Lipinski definition) is 2. The zero-order valence-electron chi connectivity index (χ0n) is 13.5. The fourth-order valence-electron chi connectivity index (χ4n) is 3.32. The Balaban J connectivity index is 1.85. The van der Waals surface area contributed by atoms with Crippen molar-refractivity contribution in [1.29, 1.82) is 0 Å². The number of ether oxygens (including phenoxy) is 1. The highest BCUT2D eigenvalue weighted by molar-refractivity contribution is 5.27. The van der Waals surface area contributed by atoms with E-state index in [1.165, 1.54) is 31.2 Å². The van der Waals surface area contributed by atoms with Gasteiger partial charge in [-0.3, -0.25) is 0 Å². The van der Waals surface area contributed by atoms with E-state index in [2.05, 4.69) is 37.9 Å². The molecule has 0 radical (unpaired) electrons. The first-order valence-electron chi connectivity index (χ1n) is 8.26. The molecule has 2 nitrogen and oxygen atoms in total. The number of rotatable bonds is 7. The monoisotopic (exact) mass is 287 g/mol. The molecule has 0 bridgehead atoms. The van der Waals surface area contributed by atoms with Crippen LogP contribution in [-0.2, 0) is 6.54 Å². The molecule has 1 aromatic carbocycles. The van der Waals surface area contributed by atoms with E-state index in [4.69, 9.17) is 4.74 Å². The van der Waals surface area contributed by atoms with Gasteiger partial charge in [-0.05, 0) is 42.4 Å². The van der Waals surface area contributed by atoms with Gasteiger partial charge in [0.2, 0.25) is 0 Å². The molecule has 2 heteroatoms. The normalized spacial score (nSPS) is 22.2. The van der Waals surface area contributed by atoms with Gasteiger partial charge in [0.25, 0.3) is 0 Å². The first-order chi connectivity index (χ1) is 10.2. The summed E-state index contributed by atoms with van der Waals surface area (Å²) in [6, 6.07) is 9.07. The van der Waals surface area contributed by atoms with Gasteiger partial charge < -0.3 is 10.1 Å². The Hall–Kier alpha value is -1.28. The van der Waals surface area contributed by atoms with Crippen molar-refractivity contribution < 1.29 is 4.74 Å². The summed E-state index contributed by atoms with van der Waals surface area (Å²) < 4.78 is 5.51. The van der Waals surface area contributed by atoms with Crippen molar-refractivity contribution >= 4 is 0 Å². The molecule has 1 N–H and O–H groups in total. The maximum atomic E-state index is 5.51. The summed E-state index contributed by atoms with van der Waals surface area (Å²) in [4.78, 5) is 0. The van der Waals surface area contributed by atoms with E-state index in [1.54, 1.807) is 6.08 Å². The predicted molar refractivity (Wildman–Crippen MR) is 89.6 cm³/mol. The highest BCUT2D eigenvalue weighted by atomic mass is 16.5. The van der Waals surface area contributed by atoms with E-state index in [1.807, 2.05) is 12.1 Å². The minimum absolute atomic E-state index is 0.565. The standard InChI is InChI=1S/C19H29NO/c1-4-13-21-17-11-9-16(10-12-17)14-20-19-8-6-5-7-18(19)15(2)3/h4,9-12,15,18-20H,1,5-8,13-14H2,2-3H3. The zero-order valence-corrected chi connectivity index (χ0v) is 13.5. The van der Waals surface area contributed by atoms with Crippen LogP contribution in [0.5, 0.6) is 5.75 Å². The maximum Gasteiger partial charge on any atom is 0.119 e. The molecule has 0 aromatic heterocycles. The lowest BCUT2D eigenvalue weighted by Gasteiger charge is -2.35. The quantitative estimate of drug-likeness (QED) is 0.743. The van der Waals surface area contributed by atoms with E-state index in [-0.39, 0.29) is 0 Å². The van der Waals surface area contributed by atoms with Crippen molar-refractivity contribution in [3.63, 3.8) is 0 Å². The van der Waals surface area contributed by atoms with Crippen LogP contribution in [0.3, 0.4) is 0 Å². The SMILES string of the molecule is C=CCOc1ccc(CNC2CCCCC2C(C)C)cc1. The van der Waals surface area contributed by atoms with Gasteiger partial charge >= 0.3 is 0 Å². The summed E-state index contributed by atoms with van der Waals surface area (Å²) in [5, 5.41) is 3.77. The van der Waals surface area contributed by atoms with Crippen LogP contribution in [0.1, 0.15) is 45.1 Å². The average molecular weight is 287 g/mol. The molecule has 1 aliphatic carbocycles. The topological polar surface area (TPSA) is 21.3 Å². The summed E-state index contributed by atoms with van der Waals surface area (Å²) in [5.41, 5.74) is 1.33. The summed E-state index contributed by atoms with van der Waals surface area (Å²) in [5.74, 6) is 2.52. The minimum Gasteiger partial charge on any atom is -0.490 e. The molecule has 21 heavy (non-hydrogen) atoms. The molecule has 2 unspecified atom stereocenters. The molecule has 0 heterocycles. The lowest BCUT2D eigenvalue weighted by molar-refractivity contribution is 0.204. The van der Waals surface area contributed by atoms with E-state index >= 15 is 0 Å². The molecule has 1 aromatic rings. The van der Waals surface area contributed by atoms with Crippen LogP contribution < -0.4 is 10.1 Å². The van der Waals surface area contributed by atoms with Gasteiger partial charge in [0.05, 0.1) is 0 Å². The highest BCUT2D eigenvalue weighted by Crippen LogP contribution is 2.30. The van der Waals surface area contributed by atoms with Gasteiger partial charge in [-0.25, -0.2) is 0 Å². The van der Waals surface area contributed by atoms with Gasteiger partial charge in [-0.2, -0.15) is 0 Å². The fraction of sp³-hybridized carbons (Fsp3) is 0.579. The molecular weight excluding hydrogens is 258 g/mol. The van der Waals surface area contributed by atoms with Crippen LogP contribution in [0.2, 0.25) is 0 Å². The molecule has 2 rings (SSSR count). The molecule has 1 fully saturated rings. The van der Waals surface area contributed by atoms with Gasteiger partial charge in [-0.1, -0.05) is 51.5 Å². The number of nitrogens with one attached hydrogen (secondary N) is 1. The molecule has 1 aliphatic rings. The molecule has 0 aliphatic heterocycles. The maximum absolute atomic E-state index is 5.51. The van der Waals surface area contributed by atoms with Crippen molar-refractivity contribution in [3.8, 4) is 5.75 Å². The Morgan fingerprint density at radius 1 is 1.24 bits per heavy atom. The summed E-state index contributed by atoms with van der Waals surface area (Å²) in [6.07, 6.45) is 7.24. The van der Waals surface area contributed by atoms with Crippen LogP contribution in [0.15, 0.2) is 36.9 Å². The Labute approximate surface area is 129 Å². The van der Waals surface area contributed by atoms with Crippen LogP contribution in [0.4, 0.5) is 0 Å². The van der Waals surface area contributed by atoms with Gasteiger partial charge in [0.15, 0.2) is 0 Å². The number of hydrogen-bond donors (Lipinski definition) is 1. The first kappa shape index (κ1) is 16.1. The van der Waals surface area contributed by atoms with Gasteiger partial charge in [0, 0.05) is 12.6 Å². The molecule has 1 saturated carbocycles. The minimum atomic E-state index is 0.565. The van der Waals surface area contributed by atoms with Gasteiger partial charge in [-0.15, -0.1) is 0 Å². The molecule has 116 valence electrons. The third kappa shape index (κ3) is 4.89. The molecule has 2 atom stereocenters. The van der Waals surface area contributed by atoms with Crippen molar-refractivity contribution in [3.05, 3.63) is 42.5 Å². The van der Waals surface area contributed by atoms with E-state index < -0.39 is 0 Å². The van der Waals surface area contributed by atoms with Crippen molar-refractivity contribution in [2.24, 2.45) is 11.8 Å². The Bertz CT molecular complexity index is 424. The first-order valence-corrected chi connectivity index (χ1v) is 8.26. The lowest BCUT2D eigenvalue weighted by atomic mass is 9.78. The van der Waals surface area contributed by atoms with Gasteiger partial charge in [0.1, 0.15) is 12.4 Å². The molecular formula is C19H29NO. The summed E-state index contributed by atoms with van der Waals surface area (Å²) in [6.45, 7) is 9.90. The zero-order chi connectivity index (χ0) is 15.1. The van der Waals surface area contributed by atoms with Crippen molar-refractivity contribution in [2.75, 3.05) is 6.61 Å². The van der Waals surface area contributed by atoms with E-state index in [0.717, 1.165) is 24.1 Å². The lowest BCUT2D eigenvalue weighted by Crippen LogP contribution is -2.40. The Morgan fingerprint density at radius 3 is 2.62 bits per heavy atom. The smallest absolute Gasteiger partial charge is 0.119 e. The molecule has 0 saturated heterocycles. The second-order valence-corrected chi connectivity index (χ2v) is 6.42. The third-order valence-corrected chi connectivity index (χ3v) is 4.54.